The molecule has 0 radical (unpaired) electrons. The first-order chi connectivity index (χ1) is 14.7. The van der Waals surface area contributed by atoms with E-state index in [4.69, 9.17) is 0 Å². The zero-order chi connectivity index (χ0) is 20.8. The van der Waals surface area contributed by atoms with E-state index in [1.807, 2.05) is 36.4 Å². The smallest absolute Gasteiger partial charge is 0.288 e. The summed E-state index contributed by atoms with van der Waals surface area (Å²) in [5.74, 6) is 0.0207. The fourth-order valence-corrected chi connectivity index (χ4v) is 4.53. The Kier molecular flexibility index (Phi) is 6.72. The van der Waals surface area contributed by atoms with Gasteiger partial charge in [-0.2, -0.15) is 0 Å². The monoisotopic (exact) mass is 405 g/mol. The van der Waals surface area contributed by atoms with Crippen molar-refractivity contribution in [2.45, 2.75) is 18.9 Å². The van der Waals surface area contributed by atoms with Gasteiger partial charge in [-0.25, -0.2) is 0 Å². The van der Waals surface area contributed by atoms with Crippen LogP contribution >= 0.6 is 0 Å². The third-order valence-electron chi connectivity index (χ3n) is 6.32. The Labute approximate surface area is 178 Å². The quantitative estimate of drug-likeness (QED) is 0.630. The molecule has 2 aliphatic heterocycles. The molecule has 5 nitrogen and oxygen atoms in total. The second-order valence-corrected chi connectivity index (χ2v) is 8.30. The molecule has 2 aliphatic rings. The van der Waals surface area contributed by atoms with E-state index in [2.05, 4.69) is 36.4 Å². The minimum absolute atomic E-state index is 0.00555. The maximum atomic E-state index is 12.9. The van der Waals surface area contributed by atoms with E-state index in [0.29, 0.717) is 13.0 Å². The molecule has 2 aromatic rings. The molecule has 2 aromatic carbocycles. The van der Waals surface area contributed by atoms with E-state index < -0.39 is 0 Å². The highest BCUT2D eigenvalue weighted by Gasteiger charge is 2.45. The van der Waals surface area contributed by atoms with Crippen molar-refractivity contribution in [3.05, 3.63) is 77.9 Å². The minimum atomic E-state index is -0.185. The van der Waals surface area contributed by atoms with Crippen molar-refractivity contribution < 1.29 is 19.4 Å². The Hall–Kier alpha value is -2.76. The van der Waals surface area contributed by atoms with Crippen molar-refractivity contribution in [2.24, 2.45) is 0 Å². The first kappa shape index (κ1) is 20.5. The van der Waals surface area contributed by atoms with Crippen LogP contribution in [0.15, 0.2) is 66.7 Å². The number of carbonyl (C=O) groups excluding carboxylic acids is 2. The molecule has 0 unspecified atom stereocenters. The number of nitrogens with one attached hydrogen (secondary N) is 2. The Morgan fingerprint density at radius 3 is 2.27 bits per heavy atom. The normalized spacial score (nSPS) is 24.7. The number of imide groups is 1. The van der Waals surface area contributed by atoms with Crippen LogP contribution in [0.25, 0.3) is 6.08 Å². The van der Waals surface area contributed by atoms with E-state index in [-0.39, 0.29) is 17.9 Å². The SMILES string of the molecule is O=C1C[C@@H]([NH+]2CC[NH+](C/C=C\c3ccccc3)CC2)C(=O)N1CCc1ccccc1. The van der Waals surface area contributed by atoms with Crippen LogP contribution in [-0.2, 0) is 16.0 Å². The number of hydrogen-bond acceptors (Lipinski definition) is 2. The van der Waals surface area contributed by atoms with Gasteiger partial charge in [0.25, 0.3) is 5.91 Å². The first-order valence-electron chi connectivity index (χ1n) is 11.0. The van der Waals surface area contributed by atoms with Gasteiger partial charge in [0.15, 0.2) is 6.04 Å². The van der Waals surface area contributed by atoms with Crippen molar-refractivity contribution in [3.8, 4) is 0 Å². The Morgan fingerprint density at radius 2 is 1.57 bits per heavy atom. The molecule has 0 aliphatic carbocycles. The van der Waals surface area contributed by atoms with E-state index in [1.165, 1.54) is 15.4 Å². The van der Waals surface area contributed by atoms with E-state index in [0.717, 1.165) is 44.7 Å². The van der Waals surface area contributed by atoms with Gasteiger partial charge in [0, 0.05) is 6.54 Å². The van der Waals surface area contributed by atoms with Gasteiger partial charge in [-0.05, 0) is 23.6 Å². The lowest BCUT2D eigenvalue weighted by molar-refractivity contribution is -1.02. The molecule has 4 rings (SSSR count). The van der Waals surface area contributed by atoms with Crippen molar-refractivity contribution >= 4 is 17.9 Å². The van der Waals surface area contributed by atoms with Gasteiger partial charge in [-0.1, -0.05) is 66.7 Å². The molecular formula is C25H31N3O2+2. The molecule has 0 saturated carbocycles. The predicted octanol–water partition coefficient (Wildman–Crippen LogP) is -0.147. The third-order valence-corrected chi connectivity index (χ3v) is 6.32. The molecule has 0 aromatic heterocycles. The van der Waals surface area contributed by atoms with Gasteiger partial charge in [0.1, 0.15) is 26.2 Å². The van der Waals surface area contributed by atoms with Crippen LogP contribution in [0.3, 0.4) is 0 Å². The molecule has 1 atom stereocenters. The molecule has 30 heavy (non-hydrogen) atoms. The summed E-state index contributed by atoms with van der Waals surface area (Å²) in [6, 6.07) is 20.2. The van der Waals surface area contributed by atoms with Crippen LogP contribution < -0.4 is 9.80 Å². The number of quaternary nitrogens is 2. The van der Waals surface area contributed by atoms with Gasteiger partial charge < -0.3 is 9.80 Å². The van der Waals surface area contributed by atoms with Gasteiger partial charge in [0.05, 0.1) is 13.0 Å². The van der Waals surface area contributed by atoms with Gasteiger partial charge in [-0.15, -0.1) is 0 Å². The molecular weight excluding hydrogens is 374 g/mol. The highest BCUT2D eigenvalue weighted by Crippen LogP contribution is 2.12. The fourth-order valence-electron chi connectivity index (χ4n) is 4.53. The number of likely N-dealkylation sites (tertiary alicyclic amines) is 1. The molecule has 2 saturated heterocycles. The van der Waals surface area contributed by atoms with Crippen LogP contribution in [0.5, 0.6) is 0 Å². The number of benzene rings is 2. The molecule has 2 N–H and O–H groups in total. The lowest BCUT2D eigenvalue weighted by atomic mass is 10.1. The zero-order valence-electron chi connectivity index (χ0n) is 17.4. The van der Waals surface area contributed by atoms with Crippen LogP contribution in [-0.4, -0.2) is 62.0 Å². The summed E-state index contributed by atoms with van der Waals surface area (Å²) in [7, 11) is 0. The summed E-state index contributed by atoms with van der Waals surface area (Å²) in [4.78, 5) is 29.7. The summed E-state index contributed by atoms with van der Waals surface area (Å²) in [6.07, 6.45) is 5.51. The lowest BCUT2D eigenvalue weighted by Crippen LogP contribution is -3.30. The molecule has 5 heteroatoms. The van der Waals surface area contributed by atoms with E-state index >= 15 is 0 Å². The number of hydrogen-bond donors (Lipinski definition) is 2. The summed E-state index contributed by atoms with van der Waals surface area (Å²) < 4.78 is 0. The number of piperazine rings is 1. The zero-order valence-corrected chi connectivity index (χ0v) is 17.4. The summed E-state index contributed by atoms with van der Waals surface area (Å²) in [6.45, 7) is 5.47. The number of nitrogens with zero attached hydrogens (tertiary/aromatic N) is 1. The highest BCUT2D eigenvalue weighted by atomic mass is 16.2. The van der Waals surface area contributed by atoms with Crippen molar-refractivity contribution in [2.75, 3.05) is 39.3 Å². The molecule has 156 valence electrons. The third kappa shape index (κ3) is 5.04. The summed E-state index contributed by atoms with van der Waals surface area (Å²) in [5.41, 5.74) is 2.39. The van der Waals surface area contributed by atoms with E-state index in [9.17, 15) is 9.59 Å². The number of carbonyl (C=O) groups is 2. The average Bonchev–Trinajstić information content (AvgIpc) is 3.07. The largest absolute Gasteiger partial charge is 0.322 e. The second-order valence-electron chi connectivity index (χ2n) is 8.30. The van der Waals surface area contributed by atoms with Crippen molar-refractivity contribution in [1.82, 2.24) is 4.90 Å². The maximum absolute atomic E-state index is 12.9. The van der Waals surface area contributed by atoms with Crippen LogP contribution in [0.4, 0.5) is 0 Å². The number of amides is 2. The average molecular weight is 406 g/mol. The molecule has 0 bridgehead atoms. The minimum Gasteiger partial charge on any atom is -0.322 e. The fraction of sp³-hybridized carbons (Fsp3) is 0.360. The summed E-state index contributed by atoms with van der Waals surface area (Å²) >= 11 is 0. The van der Waals surface area contributed by atoms with Gasteiger partial charge in [-0.3, -0.25) is 14.5 Å². The van der Waals surface area contributed by atoms with Crippen molar-refractivity contribution in [3.63, 3.8) is 0 Å². The van der Waals surface area contributed by atoms with Crippen LogP contribution in [0.1, 0.15) is 17.5 Å². The van der Waals surface area contributed by atoms with E-state index in [1.54, 1.807) is 4.90 Å². The predicted molar refractivity (Wildman–Crippen MR) is 117 cm³/mol. The van der Waals surface area contributed by atoms with Crippen LogP contribution in [0.2, 0.25) is 0 Å². The van der Waals surface area contributed by atoms with Crippen LogP contribution in [0, 0.1) is 0 Å². The molecule has 2 fully saturated rings. The Balaban J connectivity index is 1.25. The highest BCUT2D eigenvalue weighted by molar-refractivity contribution is 6.04. The Morgan fingerprint density at radius 1 is 0.900 bits per heavy atom. The number of rotatable bonds is 7. The molecule has 2 heterocycles. The van der Waals surface area contributed by atoms with Gasteiger partial charge >= 0.3 is 0 Å². The summed E-state index contributed by atoms with van der Waals surface area (Å²) in [5, 5.41) is 0. The first-order valence-corrected chi connectivity index (χ1v) is 11.0. The molecule has 0 spiro atoms. The van der Waals surface area contributed by atoms with Crippen molar-refractivity contribution in [1.29, 1.82) is 0 Å². The molecule has 2 amide bonds. The lowest BCUT2D eigenvalue weighted by Gasteiger charge is -2.31. The topological polar surface area (TPSA) is 46.3 Å². The maximum Gasteiger partial charge on any atom is 0.288 e. The standard InChI is InChI=1S/C25H29N3O2/c29-24-20-23(25(30)28(24)15-13-22-10-5-2-6-11-22)27-18-16-26(17-19-27)14-7-12-21-8-3-1-4-9-21/h1-12,23H,13-20H2/p+2/b12-7-/t23-/m1/s1. The second kappa shape index (κ2) is 9.83. The Bertz CT molecular complexity index is 874. The van der Waals surface area contributed by atoms with Gasteiger partial charge in [0.2, 0.25) is 5.91 Å².